The standard InChI is InChI=1S/C12H21NOS/c1-3-5-12(14)11-6-7-13(10-11)8-9-15-4-2/h6-7,10,12,14H,3-5,8-9H2,1-2H3. The first-order valence-corrected chi connectivity index (χ1v) is 6.84. The van der Waals surface area contributed by atoms with Gasteiger partial charge in [-0.25, -0.2) is 0 Å². The van der Waals surface area contributed by atoms with Crippen LogP contribution in [0.5, 0.6) is 0 Å². The summed E-state index contributed by atoms with van der Waals surface area (Å²) in [4.78, 5) is 0. The van der Waals surface area contributed by atoms with Gasteiger partial charge >= 0.3 is 0 Å². The number of hydrogen-bond donors (Lipinski definition) is 1. The van der Waals surface area contributed by atoms with Crippen LogP contribution in [0.15, 0.2) is 18.5 Å². The summed E-state index contributed by atoms with van der Waals surface area (Å²) in [6.45, 7) is 5.31. The van der Waals surface area contributed by atoms with E-state index >= 15 is 0 Å². The Morgan fingerprint density at radius 3 is 2.93 bits per heavy atom. The van der Waals surface area contributed by atoms with Gasteiger partial charge in [0.25, 0.3) is 0 Å². The molecule has 0 aromatic carbocycles. The van der Waals surface area contributed by atoms with E-state index in [0.717, 1.165) is 30.7 Å². The molecule has 0 aliphatic heterocycles. The third-order valence-electron chi connectivity index (χ3n) is 2.42. The minimum absolute atomic E-state index is 0.282. The van der Waals surface area contributed by atoms with E-state index in [4.69, 9.17) is 0 Å². The summed E-state index contributed by atoms with van der Waals surface area (Å²) in [5, 5.41) is 9.79. The number of nitrogens with zero attached hydrogens (tertiary/aromatic N) is 1. The molecule has 15 heavy (non-hydrogen) atoms. The molecule has 1 heterocycles. The van der Waals surface area contributed by atoms with Gasteiger partial charge in [0, 0.05) is 24.7 Å². The van der Waals surface area contributed by atoms with Crippen LogP contribution in [-0.4, -0.2) is 21.2 Å². The largest absolute Gasteiger partial charge is 0.388 e. The highest BCUT2D eigenvalue weighted by Gasteiger charge is 2.07. The summed E-state index contributed by atoms with van der Waals surface area (Å²) >= 11 is 1.95. The summed E-state index contributed by atoms with van der Waals surface area (Å²) in [7, 11) is 0. The summed E-state index contributed by atoms with van der Waals surface area (Å²) in [5.41, 5.74) is 1.05. The number of aliphatic hydroxyl groups excluding tert-OH is 1. The summed E-state index contributed by atoms with van der Waals surface area (Å²) in [6.07, 6.45) is 5.72. The monoisotopic (exact) mass is 227 g/mol. The molecule has 2 nitrogen and oxygen atoms in total. The van der Waals surface area contributed by atoms with Crippen molar-refractivity contribution >= 4 is 11.8 Å². The van der Waals surface area contributed by atoms with Crippen LogP contribution in [0, 0.1) is 0 Å². The average molecular weight is 227 g/mol. The molecular weight excluding hydrogens is 206 g/mol. The van der Waals surface area contributed by atoms with Crippen molar-refractivity contribution in [3.05, 3.63) is 24.0 Å². The molecule has 0 amide bonds. The van der Waals surface area contributed by atoms with Crippen molar-refractivity contribution in [2.24, 2.45) is 0 Å². The van der Waals surface area contributed by atoms with Gasteiger partial charge in [-0.15, -0.1) is 0 Å². The van der Waals surface area contributed by atoms with Gasteiger partial charge in [0.15, 0.2) is 0 Å². The summed E-state index contributed by atoms with van der Waals surface area (Å²) in [5.74, 6) is 2.32. The number of thioether (sulfide) groups is 1. The fourth-order valence-electron chi connectivity index (χ4n) is 1.55. The molecule has 1 aromatic rings. The SMILES string of the molecule is CCCC(O)c1ccn(CCSCC)c1. The van der Waals surface area contributed by atoms with Crippen LogP contribution in [-0.2, 0) is 6.54 Å². The first-order valence-electron chi connectivity index (χ1n) is 5.69. The first kappa shape index (κ1) is 12.7. The van der Waals surface area contributed by atoms with Crippen LogP contribution in [0.4, 0.5) is 0 Å². The van der Waals surface area contributed by atoms with Crippen molar-refractivity contribution in [2.45, 2.75) is 39.3 Å². The van der Waals surface area contributed by atoms with Gasteiger partial charge in [-0.05, 0) is 23.8 Å². The highest BCUT2D eigenvalue weighted by Crippen LogP contribution is 2.18. The Labute approximate surface area is 96.7 Å². The van der Waals surface area contributed by atoms with E-state index in [1.165, 1.54) is 5.75 Å². The molecule has 1 aromatic heterocycles. The van der Waals surface area contributed by atoms with Crippen molar-refractivity contribution in [2.75, 3.05) is 11.5 Å². The number of rotatable bonds is 7. The maximum atomic E-state index is 9.79. The molecule has 0 aliphatic carbocycles. The Morgan fingerprint density at radius 1 is 1.47 bits per heavy atom. The molecule has 0 bridgehead atoms. The van der Waals surface area contributed by atoms with E-state index in [-0.39, 0.29) is 6.10 Å². The lowest BCUT2D eigenvalue weighted by molar-refractivity contribution is 0.166. The lowest BCUT2D eigenvalue weighted by Crippen LogP contribution is -1.98. The van der Waals surface area contributed by atoms with Crippen LogP contribution < -0.4 is 0 Å². The third kappa shape index (κ3) is 4.31. The number of aliphatic hydroxyl groups is 1. The van der Waals surface area contributed by atoms with E-state index in [0.29, 0.717) is 0 Å². The minimum atomic E-state index is -0.282. The zero-order chi connectivity index (χ0) is 11.1. The fraction of sp³-hybridized carbons (Fsp3) is 0.667. The zero-order valence-electron chi connectivity index (χ0n) is 9.65. The van der Waals surface area contributed by atoms with Gasteiger partial charge < -0.3 is 9.67 Å². The van der Waals surface area contributed by atoms with Gasteiger partial charge in [0.1, 0.15) is 0 Å². The summed E-state index contributed by atoms with van der Waals surface area (Å²) in [6, 6.07) is 2.02. The zero-order valence-corrected chi connectivity index (χ0v) is 10.5. The Balaban J connectivity index is 2.41. The van der Waals surface area contributed by atoms with E-state index in [2.05, 4.69) is 30.8 Å². The Bertz CT molecular complexity index is 272. The molecule has 1 rings (SSSR count). The molecule has 0 aliphatic rings. The lowest BCUT2D eigenvalue weighted by Gasteiger charge is -2.06. The van der Waals surface area contributed by atoms with E-state index < -0.39 is 0 Å². The van der Waals surface area contributed by atoms with Crippen molar-refractivity contribution < 1.29 is 5.11 Å². The second kappa shape index (κ2) is 6.96. The van der Waals surface area contributed by atoms with Crippen LogP contribution in [0.25, 0.3) is 0 Å². The highest BCUT2D eigenvalue weighted by molar-refractivity contribution is 7.99. The molecule has 0 saturated heterocycles. The third-order valence-corrected chi connectivity index (χ3v) is 3.30. The van der Waals surface area contributed by atoms with Crippen LogP contribution in [0.1, 0.15) is 38.4 Å². The van der Waals surface area contributed by atoms with Gasteiger partial charge in [0.05, 0.1) is 6.10 Å². The second-order valence-corrected chi connectivity index (χ2v) is 5.08. The van der Waals surface area contributed by atoms with Gasteiger partial charge in [-0.3, -0.25) is 0 Å². The van der Waals surface area contributed by atoms with Crippen LogP contribution >= 0.6 is 11.8 Å². The van der Waals surface area contributed by atoms with E-state index in [1.54, 1.807) is 0 Å². The molecule has 0 spiro atoms. The van der Waals surface area contributed by atoms with E-state index in [9.17, 15) is 5.11 Å². The molecule has 3 heteroatoms. The van der Waals surface area contributed by atoms with Crippen LogP contribution in [0.3, 0.4) is 0 Å². The molecule has 0 saturated carbocycles. The highest BCUT2D eigenvalue weighted by atomic mass is 32.2. The molecule has 0 radical (unpaired) electrons. The Morgan fingerprint density at radius 2 is 2.27 bits per heavy atom. The lowest BCUT2D eigenvalue weighted by atomic mass is 10.1. The van der Waals surface area contributed by atoms with Gasteiger partial charge in [-0.2, -0.15) is 11.8 Å². The quantitative estimate of drug-likeness (QED) is 0.724. The normalized spacial score (nSPS) is 13.0. The van der Waals surface area contributed by atoms with Crippen molar-refractivity contribution in [3.8, 4) is 0 Å². The topological polar surface area (TPSA) is 25.2 Å². The molecule has 0 fully saturated rings. The second-order valence-electron chi connectivity index (χ2n) is 3.68. The van der Waals surface area contributed by atoms with E-state index in [1.807, 2.05) is 17.8 Å². The predicted molar refractivity (Wildman–Crippen MR) is 67.3 cm³/mol. The van der Waals surface area contributed by atoms with Crippen molar-refractivity contribution in [1.29, 1.82) is 0 Å². The minimum Gasteiger partial charge on any atom is -0.388 e. The van der Waals surface area contributed by atoms with Gasteiger partial charge in [0.2, 0.25) is 0 Å². The number of aryl methyl sites for hydroxylation is 1. The van der Waals surface area contributed by atoms with Crippen molar-refractivity contribution in [1.82, 2.24) is 4.57 Å². The fourth-order valence-corrected chi connectivity index (χ4v) is 2.18. The smallest absolute Gasteiger partial charge is 0.0804 e. The van der Waals surface area contributed by atoms with Crippen molar-refractivity contribution in [3.63, 3.8) is 0 Å². The molecular formula is C12H21NOS. The Kier molecular flexibility index (Phi) is 5.88. The number of aromatic nitrogens is 1. The molecule has 86 valence electrons. The first-order chi connectivity index (χ1) is 7.27. The van der Waals surface area contributed by atoms with Crippen LogP contribution in [0.2, 0.25) is 0 Å². The average Bonchev–Trinajstić information content (AvgIpc) is 2.67. The van der Waals surface area contributed by atoms with Gasteiger partial charge in [-0.1, -0.05) is 20.3 Å². The molecule has 1 atom stereocenters. The maximum absolute atomic E-state index is 9.79. The number of hydrogen-bond acceptors (Lipinski definition) is 2. The maximum Gasteiger partial charge on any atom is 0.0804 e. The molecule has 1 N–H and O–H groups in total. The Hall–Kier alpha value is -0.410. The summed E-state index contributed by atoms with van der Waals surface area (Å²) < 4.78 is 2.16. The molecule has 1 unspecified atom stereocenters. The predicted octanol–water partition coefficient (Wildman–Crippen LogP) is 3.07.